The monoisotopic (exact) mass is 330 g/mol. The van der Waals surface area contributed by atoms with Gasteiger partial charge < -0.3 is 15.6 Å². The fourth-order valence-electron chi connectivity index (χ4n) is 3.17. The maximum atomic E-state index is 12.2. The Balaban J connectivity index is 1.42. The van der Waals surface area contributed by atoms with Crippen LogP contribution in [-0.4, -0.2) is 40.0 Å². The predicted molar refractivity (Wildman–Crippen MR) is 95.0 cm³/mol. The molecule has 0 spiro atoms. The second kappa shape index (κ2) is 6.53. The summed E-state index contributed by atoms with van der Waals surface area (Å²) in [6, 6.07) is 6.20. The fraction of sp³-hybridized carbons (Fsp3) is 0.529. The highest BCUT2D eigenvalue weighted by Crippen LogP contribution is 2.35. The van der Waals surface area contributed by atoms with E-state index in [9.17, 15) is 4.79 Å². The number of amides is 1. The summed E-state index contributed by atoms with van der Waals surface area (Å²) in [7, 11) is 0. The van der Waals surface area contributed by atoms with E-state index >= 15 is 0 Å². The summed E-state index contributed by atoms with van der Waals surface area (Å²) in [5.74, 6) is 3.91. The van der Waals surface area contributed by atoms with Crippen LogP contribution in [-0.2, 0) is 4.79 Å². The molecule has 1 saturated carbocycles. The third kappa shape index (κ3) is 3.38. The summed E-state index contributed by atoms with van der Waals surface area (Å²) in [4.78, 5) is 20.3. The van der Waals surface area contributed by atoms with Crippen LogP contribution in [0.1, 0.15) is 37.4 Å². The van der Waals surface area contributed by atoms with Crippen molar-refractivity contribution in [3.63, 3.8) is 0 Å². The molecule has 1 amide bonds. The van der Waals surface area contributed by atoms with E-state index in [1.807, 2.05) is 30.0 Å². The first-order valence-corrected chi connectivity index (χ1v) is 9.54. The number of nitrogens with one attached hydrogen (secondary N) is 3. The molecule has 2 fully saturated rings. The van der Waals surface area contributed by atoms with E-state index in [0.717, 1.165) is 40.6 Å². The van der Waals surface area contributed by atoms with Crippen LogP contribution in [0.4, 0.5) is 5.69 Å². The number of imidazole rings is 1. The number of hydrogen-bond donors (Lipinski definition) is 3. The van der Waals surface area contributed by atoms with Crippen LogP contribution in [0.2, 0.25) is 0 Å². The van der Waals surface area contributed by atoms with Crippen molar-refractivity contribution in [2.45, 2.75) is 37.6 Å². The van der Waals surface area contributed by atoms with E-state index in [1.165, 1.54) is 19.3 Å². The number of aromatic amines is 1. The zero-order valence-corrected chi connectivity index (χ0v) is 13.9. The molecule has 23 heavy (non-hydrogen) atoms. The van der Waals surface area contributed by atoms with Gasteiger partial charge in [0.05, 0.1) is 11.0 Å². The Morgan fingerprint density at radius 2 is 2.30 bits per heavy atom. The lowest BCUT2D eigenvalue weighted by molar-refractivity contribution is -0.116. The maximum Gasteiger partial charge on any atom is 0.225 e. The number of carbonyl (C=O) groups is 1. The zero-order valence-electron chi connectivity index (χ0n) is 13.1. The minimum atomic E-state index is 0.0723. The van der Waals surface area contributed by atoms with Gasteiger partial charge in [-0.25, -0.2) is 4.98 Å². The lowest BCUT2D eigenvalue weighted by Gasteiger charge is -2.22. The summed E-state index contributed by atoms with van der Waals surface area (Å²) in [5, 5.41) is 6.41. The molecule has 1 aromatic carbocycles. The third-order valence-electron chi connectivity index (χ3n) is 4.71. The first-order valence-electron chi connectivity index (χ1n) is 8.38. The summed E-state index contributed by atoms with van der Waals surface area (Å²) < 4.78 is 0. The number of carbonyl (C=O) groups excluding carboxylic acids is 1. The summed E-state index contributed by atoms with van der Waals surface area (Å²) >= 11 is 1.91. The number of rotatable bonds is 4. The van der Waals surface area contributed by atoms with Crippen LogP contribution in [0.25, 0.3) is 11.0 Å². The SMILES string of the molecule is O=C(CC1CSCCN1)Nc1ccc2nc(C3CCC3)[nH]c2c1. The molecule has 2 heterocycles. The molecular formula is C17H22N4OS. The minimum Gasteiger partial charge on any atom is -0.342 e. The number of benzene rings is 1. The quantitative estimate of drug-likeness (QED) is 0.806. The van der Waals surface area contributed by atoms with Gasteiger partial charge in [-0.2, -0.15) is 11.8 Å². The van der Waals surface area contributed by atoms with Crippen molar-refractivity contribution in [3.8, 4) is 0 Å². The Kier molecular flexibility index (Phi) is 4.27. The number of nitrogens with zero attached hydrogens (tertiary/aromatic N) is 1. The highest BCUT2D eigenvalue weighted by molar-refractivity contribution is 7.99. The van der Waals surface area contributed by atoms with Crippen molar-refractivity contribution in [3.05, 3.63) is 24.0 Å². The van der Waals surface area contributed by atoms with Crippen LogP contribution in [0, 0.1) is 0 Å². The summed E-state index contributed by atoms with van der Waals surface area (Å²) in [6.07, 6.45) is 4.30. The highest BCUT2D eigenvalue weighted by atomic mass is 32.2. The van der Waals surface area contributed by atoms with Crippen molar-refractivity contribution in [2.75, 3.05) is 23.4 Å². The summed E-state index contributed by atoms with van der Waals surface area (Å²) in [5.41, 5.74) is 2.83. The molecule has 3 N–H and O–H groups in total. The highest BCUT2D eigenvalue weighted by Gasteiger charge is 2.22. The number of anilines is 1. The van der Waals surface area contributed by atoms with Crippen molar-refractivity contribution < 1.29 is 4.79 Å². The Labute approximate surface area is 140 Å². The zero-order chi connectivity index (χ0) is 15.6. The smallest absolute Gasteiger partial charge is 0.225 e. The molecule has 1 unspecified atom stereocenters. The lowest BCUT2D eigenvalue weighted by Crippen LogP contribution is -2.39. The van der Waals surface area contributed by atoms with Crippen LogP contribution in [0.3, 0.4) is 0 Å². The second-order valence-corrected chi connectivity index (χ2v) is 7.61. The number of thioether (sulfide) groups is 1. The van der Waals surface area contributed by atoms with Crippen LogP contribution in [0.5, 0.6) is 0 Å². The normalized spacial score (nSPS) is 22.0. The molecule has 2 aromatic rings. The third-order valence-corrected chi connectivity index (χ3v) is 5.84. The van der Waals surface area contributed by atoms with E-state index in [0.29, 0.717) is 12.3 Å². The van der Waals surface area contributed by atoms with Gasteiger partial charge >= 0.3 is 0 Å². The van der Waals surface area contributed by atoms with Gasteiger partial charge in [0.2, 0.25) is 5.91 Å². The molecule has 1 saturated heterocycles. The van der Waals surface area contributed by atoms with Gasteiger partial charge in [-0.1, -0.05) is 6.42 Å². The van der Waals surface area contributed by atoms with Crippen molar-refractivity contribution in [1.82, 2.24) is 15.3 Å². The molecule has 6 heteroatoms. The van der Waals surface area contributed by atoms with Gasteiger partial charge in [0.25, 0.3) is 0 Å². The van der Waals surface area contributed by atoms with Gasteiger partial charge in [0.1, 0.15) is 5.82 Å². The van der Waals surface area contributed by atoms with Gasteiger partial charge in [-0.3, -0.25) is 4.79 Å². The Hall–Kier alpha value is -1.53. The lowest BCUT2D eigenvalue weighted by atomic mass is 9.85. The van der Waals surface area contributed by atoms with E-state index < -0.39 is 0 Å². The van der Waals surface area contributed by atoms with Crippen LogP contribution >= 0.6 is 11.8 Å². The van der Waals surface area contributed by atoms with Gasteiger partial charge in [-0.05, 0) is 31.0 Å². The van der Waals surface area contributed by atoms with Gasteiger partial charge in [0, 0.05) is 42.1 Å². The molecule has 1 aromatic heterocycles. The molecule has 1 aliphatic carbocycles. The molecule has 0 bridgehead atoms. The first-order chi connectivity index (χ1) is 11.3. The van der Waals surface area contributed by atoms with E-state index in [2.05, 4.69) is 20.6 Å². The Morgan fingerprint density at radius 1 is 1.39 bits per heavy atom. The van der Waals surface area contributed by atoms with E-state index in [1.54, 1.807) is 0 Å². The van der Waals surface area contributed by atoms with Crippen molar-refractivity contribution in [2.24, 2.45) is 0 Å². The van der Waals surface area contributed by atoms with E-state index in [-0.39, 0.29) is 11.9 Å². The molecular weight excluding hydrogens is 308 g/mol. The standard InChI is InChI=1S/C17H22N4OS/c22-16(9-13-10-23-7-6-18-13)19-12-4-5-14-15(8-12)21-17(20-14)11-2-1-3-11/h4-5,8,11,13,18H,1-3,6-7,9-10H2,(H,19,22)(H,20,21). The molecule has 5 nitrogen and oxygen atoms in total. The number of fused-ring (bicyclic) bond motifs is 1. The largest absolute Gasteiger partial charge is 0.342 e. The Morgan fingerprint density at radius 3 is 3.04 bits per heavy atom. The van der Waals surface area contributed by atoms with Crippen LogP contribution < -0.4 is 10.6 Å². The van der Waals surface area contributed by atoms with Crippen LogP contribution in [0.15, 0.2) is 18.2 Å². The average Bonchev–Trinajstić information content (AvgIpc) is 2.88. The number of hydrogen-bond acceptors (Lipinski definition) is 4. The van der Waals surface area contributed by atoms with Crippen molar-refractivity contribution >= 4 is 34.4 Å². The topological polar surface area (TPSA) is 69.8 Å². The number of aromatic nitrogens is 2. The predicted octanol–water partition coefficient (Wildman–Crippen LogP) is 2.86. The Bertz CT molecular complexity index is 704. The average molecular weight is 330 g/mol. The van der Waals surface area contributed by atoms with Crippen molar-refractivity contribution in [1.29, 1.82) is 0 Å². The molecule has 1 aliphatic heterocycles. The fourth-order valence-corrected chi connectivity index (χ4v) is 4.12. The number of H-pyrrole nitrogens is 1. The van der Waals surface area contributed by atoms with E-state index in [4.69, 9.17) is 0 Å². The maximum absolute atomic E-state index is 12.2. The first kappa shape index (κ1) is 15.0. The molecule has 122 valence electrons. The minimum absolute atomic E-state index is 0.0723. The second-order valence-electron chi connectivity index (χ2n) is 6.46. The molecule has 1 atom stereocenters. The molecule has 2 aliphatic rings. The molecule has 4 rings (SSSR count). The summed E-state index contributed by atoms with van der Waals surface area (Å²) in [6.45, 7) is 0.993. The van der Waals surface area contributed by atoms with Gasteiger partial charge in [-0.15, -0.1) is 0 Å². The van der Waals surface area contributed by atoms with Gasteiger partial charge in [0.15, 0.2) is 0 Å². The molecule has 0 radical (unpaired) electrons.